The molecule has 1 fully saturated rings. The smallest absolute Gasteiger partial charge is 0.222 e. The Balaban J connectivity index is 1.42. The van der Waals surface area contributed by atoms with Crippen LogP contribution in [-0.4, -0.2) is 59.1 Å². The SMILES string of the molecule is CN1CC(CN2CCc3[nH]nc(-c4ccccc4)c3CC2)CCC1=O. The van der Waals surface area contributed by atoms with Crippen molar-refractivity contribution >= 4 is 5.91 Å². The standard InChI is InChI=1S/C20H26N4O/c1-23-13-15(7-8-19(23)25)14-24-11-9-17-18(10-12-24)21-22-20(17)16-5-3-2-4-6-16/h2-6,15H,7-14H2,1H3,(H,21,22). The molecule has 1 aromatic carbocycles. The average Bonchev–Trinajstić information content (AvgIpc) is 2.94. The number of nitrogens with one attached hydrogen (secondary N) is 1. The number of piperidine rings is 1. The van der Waals surface area contributed by atoms with Gasteiger partial charge in [0.1, 0.15) is 0 Å². The third-order valence-corrected chi connectivity index (χ3v) is 5.60. The molecule has 0 spiro atoms. The van der Waals surface area contributed by atoms with Crippen LogP contribution < -0.4 is 0 Å². The second kappa shape index (κ2) is 7.00. The minimum absolute atomic E-state index is 0.292. The van der Waals surface area contributed by atoms with E-state index in [4.69, 9.17) is 0 Å². The van der Waals surface area contributed by atoms with Gasteiger partial charge in [0.25, 0.3) is 0 Å². The minimum Gasteiger partial charge on any atom is -0.345 e. The van der Waals surface area contributed by atoms with Gasteiger partial charge >= 0.3 is 0 Å². The summed E-state index contributed by atoms with van der Waals surface area (Å²) in [4.78, 5) is 16.1. The summed E-state index contributed by atoms with van der Waals surface area (Å²) in [6.45, 7) is 4.13. The van der Waals surface area contributed by atoms with Crippen LogP contribution in [-0.2, 0) is 17.6 Å². The molecule has 5 nitrogen and oxygen atoms in total. The second-order valence-corrected chi connectivity index (χ2v) is 7.37. The van der Waals surface area contributed by atoms with E-state index in [1.165, 1.54) is 16.8 Å². The van der Waals surface area contributed by atoms with Crippen molar-refractivity contribution in [3.8, 4) is 11.3 Å². The fourth-order valence-electron chi connectivity index (χ4n) is 4.16. The molecule has 0 aliphatic carbocycles. The van der Waals surface area contributed by atoms with E-state index in [2.05, 4.69) is 39.4 Å². The van der Waals surface area contributed by atoms with Crippen LogP contribution >= 0.6 is 0 Å². The Kier molecular flexibility index (Phi) is 4.57. The van der Waals surface area contributed by atoms with Gasteiger partial charge in [0.2, 0.25) is 5.91 Å². The van der Waals surface area contributed by atoms with Crippen molar-refractivity contribution in [1.82, 2.24) is 20.0 Å². The van der Waals surface area contributed by atoms with Crippen molar-refractivity contribution in [2.45, 2.75) is 25.7 Å². The topological polar surface area (TPSA) is 52.2 Å². The molecule has 1 atom stereocenters. The maximum atomic E-state index is 11.7. The van der Waals surface area contributed by atoms with Crippen LogP contribution in [0, 0.1) is 5.92 Å². The predicted octanol–water partition coefficient (Wildman–Crippen LogP) is 2.35. The van der Waals surface area contributed by atoms with Crippen LogP contribution in [0.2, 0.25) is 0 Å². The van der Waals surface area contributed by atoms with E-state index in [-0.39, 0.29) is 0 Å². The first kappa shape index (κ1) is 16.3. The first-order chi connectivity index (χ1) is 12.2. The summed E-state index contributed by atoms with van der Waals surface area (Å²) in [7, 11) is 1.93. The van der Waals surface area contributed by atoms with Crippen molar-refractivity contribution in [1.29, 1.82) is 0 Å². The van der Waals surface area contributed by atoms with Gasteiger partial charge in [0, 0.05) is 62.9 Å². The molecular weight excluding hydrogens is 312 g/mol. The Labute approximate surface area is 149 Å². The zero-order valence-corrected chi connectivity index (χ0v) is 14.9. The van der Waals surface area contributed by atoms with Crippen molar-refractivity contribution in [2.75, 3.05) is 33.2 Å². The van der Waals surface area contributed by atoms with Gasteiger partial charge in [-0.05, 0) is 18.8 Å². The highest BCUT2D eigenvalue weighted by Crippen LogP contribution is 2.27. The number of fused-ring (bicyclic) bond motifs is 1. The summed E-state index contributed by atoms with van der Waals surface area (Å²) in [5, 5.41) is 7.85. The predicted molar refractivity (Wildman–Crippen MR) is 98.2 cm³/mol. The van der Waals surface area contributed by atoms with Crippen LogP contribution in [0.5, 0.6) is 0 Å². The molecule has 25 heavy (non-hydrogen) atoms. The molecule has 2 aromatic rings. The molecule has 2 aliphatic rings. The highest BCUT2D eigenvalue weighted by molar-refractivity contribution is 5.76. The van der Waals surface area contributed by atoms with Crippen LogP contribution in [0.4, 0.5) is 0 Å². The van der Waals surface area contributed by atoms with Crippen molar-refractivity contribution in [3.05, 3.63) is 41.6 Å². The lowest BCUT2D eigenvalue weighted by molar-refractivity contribution is -0.133. The molecule has 132 valence electrons. The lowest BCUT2D eigenvalue weighted by atomic mass is 9.97. The van der Waals surface area contributed by atoms with Crippen LogP contribution in [0.1, 0.15) is 24.1 Å². The molecule has 5 heteroatoms. The summed E-state index contributed by atoms with van der Waals surface area (Å²) in [6, 6.07) is 10.4. The number of nitrogens with zero attached hydrogens (tertiary/aromatic N) is 3. The van der Waals surface area contributed by atoms with Gasteiger partial charge in [-0.25, -0.2) is 0 Å². The molecule has 0 bridgehead atoms. The molecule has 1 amide bonds. The van der Waals surface area contributed by atoms with E-state index in [1.807, 2.05) is 18.0 Å². The number of hydrogen-bond acceptors (Lipinski definition) is 3. The summed E-state index contributed by atoms with van der Waals surface area (Å²) in [6.07, 6.45) is 3.80. The zero-order valence-electron chi connectivity index (χ0n) is 14.9. The molecule has 1 N–H and O–H groups in total. The molecule has 0 radical (unpaired) electrons. The lowest BCUT2D eigenvalue weighted by Crippen LogP contribution is -2.42. The number of carbonyl (C=O) groups excluding carboxylic acids is 1. The van der Waals surface area contributed by atoms with Crippen LogP contribution in [0.25, 0.3) is 11.3 Å². The number of likely N-dealkylation sites (tertiary alicyclic amines) is 1. The normalized spacial score (nSPS) is 21.9. The fraction of sp³-hybridized carbons (Fsp3) is 0.500. The van der Waals surface area contributed by atoms with Gasteiger partial charge in [0.15, 0.2) is 0 Å². The van der Waals surface area contributed by atoms with Gasteiger partial charge in [-0.1, -0.05) is 30.3 Å². The minimum atomic E-state index is 0.292. The highest BCUT2D eigenvalue weighted by atomic mass is 16.2. The number of aromatic amines is 1. The molecule has 3 heterocycles. The Morgan fingerprint density at radius 3 is 2.76 bits per heavy atom. The summed E-state index contributed by atoms with van der Waals surface area (Å²) < 4.78 is 0. The third-order valence-electron chi connectivity index (χ3n) is 5.60. The van der Waals surface area contributed by atoms with Crippen LogP contribution in [0.3, 0.4) is 0 Å². The number of amides is 1. The van der Waals surface area contributed by atoms with E-state index in [0.29, 0.717) is 18.2 Å². The Bertz CT molecular complexity index is 739. The van der Waals surface area contributed by atoms with Crippen LogP contribution in [0.15, 0.2) is 30.3 Å². The Hall–Kier alpha value is -2.14. The molecule has 2 aliphatic heterocycles. The van der Waals surface area contributed by atoms with Crippen molar-refractivity contribution in [3.63, 3.8) is 0 Å². The van der Waals surface area contributed by atoms with Gasteiger partial charge in [-0.2, -0.15) is 5.10 Å². The Morgan fingerprint density at radius 2 is 1.96 bits per heavy atom. The molecule has 0 saturated carbocycles. The van der Waals surface area contributed by atoms with E-state index in [1.54, 1.807) is 0 Å². The number of rotatable bonds is 3. The van der Waals surface area contributed by atoms with Gasteiger partial charge in [0.05, 0.1) is 5.69 Å². The van der Waals surface area contributed by atoms with Gasteiger partial charge in [-0.15, -0.1) is 0 Å². The number of benzene rings is 1. The van der Waals surface area contributed by atoms with Crippen molar-refractivity contribution in [2.24, 2.45) is 5.92 Å². The average molecular weight is 338 g/mol. The molecule has 1 saturated heterocycles. The third kappa shape index (κ3) is 3.47. The lowest BCUT2D eigenvalue weighted by Gasteiger charge is -2.33. The first-order valence-corrected chi connectivity index (χ1v) is 9.28. The van der Waals surface area contributed by atoms with Crippen molar-refractivity contribution < 1.29 is 4.79 Å². The van der Waals surface area contributed by atoms with Gasteiger partial charge in [-0.3, -0.25) is 9.89 Å². The molecular formula is C20H26N4O. The molecule has 1 aromatic heterocycles. The maximum absolute atomic E-state index is 11.7. The number of hydrogen-bond donors (Lipinski definition) is 1. The maximum Gasteiger partial charge on any atom is 0.222 e. The van der Waals surface area contributed by atoms with E-state index >= 15 is 0 Å². The van der Waals surface area contributed by atoms with E-state index in [9.17, 15) is 4.79 Å². The molecule has 4 rings (SSSR count). The Morgan fingerprint density at radius 1 is 1.16 bits per heavy atom. The van der Waals surface area contributed by atoms with E-state index < -0.39 is 0 Å². The quantitative estimate of drug-likeness (QED) is 0.935. The summed E-state index contributed by atoms with van der Waals surface area (Å²) in [5.41, 5.74) is 4.98. The highest BCUT2D eigenvalue weighted by Gasteiger charge is 2.26. The first-order valence-electron chi connectivity index (χ1n) is 9.28. The number of H-pyrrole nitrogens is 1. The zero-order chi connectivity index (χ0) is 17.2. The number of carbonyl (C=O) groups is 1. The number of aromatic nitrogens is 2. The van der Waals surface area contributed by atoms with Gasteiger partial charge < -0.3 is 9.80 Å². The van der Waals surface area contributed by atoms with E-state index in [0.717, 1.165) is 51.1 Å². The second-order valence-electron chi connectivity index (χ2n) is 7.37. The fourth-order valence-corrected chi connectivity index (χ4v) is 4.16. The monoisotopic (exact) mass is 338 g/mol. The largest absolute Gasteiger partial charge is 0.345 e. The summed E-state index contributed by atoms with van der Waals surface area (Å²) >= 11 is 0. The summed E-state index contributed by atoms with van der Waals surface area (Å²) in [5.74, 6) is 0.895. The molecule has 1 unspecified atom stereocenters.